The molecule has 0 aliphatic carbocycles. The van der Waals surface area contributed by atoms with Gasteiger partial charge in [0.05, 0.1) is 11.4 Å². The first-order valence-corrected chi connectivity index (χ1v) is 9.93. The summed E-state index contributed by atoms with van der Waals surface area (Å²) in [5.74, 6) is 0.956. The number of aryl methyl sites for hydroxylation is 1. The molecule has 6 nitrogen and oxygen atoms in total. The highest BCUT2D eigenvalue weighted by Gasteiger charge is 2.15. The molecule has 0 aliphatic heterocycles. The lowest BCUT2D eigenvalue weighted by Crippen LogP contribution is -2.38. The van der Waals surface area contributed by atoms with Crippen LogP contribution in [0.2, 0.25) is 0 Å². The van der Waals surface area contributed by atoms with Crippen LogP contribution >= 0.6 is 11.3 Å². The van der Waals surface area contributed by atoms with Gasteiger partial charge in [0.2, 0.25) is 5.88 Å². The van der Waals surface area contributed by atoms with Crippen molar-refractivity contribution >= 4 is 17.2 Å². The molecule has 146 valence electrons. The molecular weight excluding hydrogens is 374 g/mol. The molecule has 1 N–H and O–H groups in total. The summed E-state index contributed by atoms with van der Waals surface area (Å²) in [6, 6.07) is 13.4. The molecule has 3 rings (SSSR count). The Labute approximate surface area is 168 Å². The highest BCUT2D eigenvalue weighted by Crippen LogP contribution is 2.23. The molecule has 0 saturated carbocycles. The zero-order valence-electron chi connectivity index (χ0n) is 16.1. The molecule has 0 aliphatic rings. The predicted molar refractivity (Wildman–Crippen MR) is 110 cm³/mol. The monoisotopic (exact) mass is 397 g/mol. The van der Waals surface area contributed by atoms with Crippen LogP contribution in [0.1, 0.15) is 18.1 Å². The smallest absolute Gasteiger partial charge is 0.260 e. The van der Waals surface area contributed by atoms with Crippen LogP contribution in [0.4, 0.5) is 0 Å². The molecule has 1 atom stereocenters. The number of hydrogen-bond donors (Lipinski definition) is 1. The van der Waals surface area contributed by atoms with Crippen LogP contribution in [0.5, 0.6) is 11.6 Å². The Hall–Kier alpha value is -2.93. The molecule has 1 amide bonds. The Bertz CT molecular complexity index is 911. The van der Waals surface area contributed by atoms with Gasteiger partial charge in [0.15, 0.2) is 6.10 Å². The molecule has 7 heteroatoms. The van der Waals surface area contributed by atoms with Crippen LogP contribution < -0.4 is 14.8 Å². The molecular formula is C21H23N3O3S. The molecule has 0 fully saturated rings. The van der Waals surface area contributed by atoms with Crippen molar-refractivity contribution in [3.63, 3.8) is 0 Å². The number of thiophene rings is 1. The van der Waals surface area contributed by atoms with E-state index in [1.807, 2.05) is 55.6 Å². The minimum absolute atomic E-state index is 0.191. The molecule has 0 bridgehead atoms. The van der Waals surface area contributed by atoms with Gasteiger partial charge < -0.3 is 14.8 Å². The minimum Gasteiger partial charge on any atom is -0.481 e. The fourth-order valence-electron chi connectivity index (χ4n) is 2.52. The van der Waals surface area contributed by atoms with E-state index in [0.29, 0.717) is 19.0 Å². The summed E-state index contributed by atoms with van der Waals surface area (Å²) in [4.78, 5) is 13.3. The maximum absolute atomic E-state index is 12.2. The van der Waals surface area contributed by atoms with Gasteiger partial charge in [-0.15, -0.1) is 21.5 Å². The van der Waals surface area contributed by atoms with Gasteiger partial charge in [-0.2, -0.15) is 0 Å². The van der Waals surface area contributed by atoms with Gasteiger partial charge in [0.25, 0.3) is 5.91 Å². The van der Waals surface area contributed by atoms with Crippen molar-refractivity contribution in [1.82, 2.24) is 15.5 Å². The quantitative estimate of drug-likeness (QED) is 0.586. The lowest BCUT2D eigenvalue weighted by molar-refractivity contribution is -0.127. The number of rotatable bonds is 8. The van der Waals surface area contributed by atoms with Gasteiger partial charge in [-0.25, -0.2) is 0 Å². The van der Waals surface area contributed by atoms with Crippen LogP contribution in [0.3, 0.4) is 0 Å². The molecule has 0 radical (unpaired) electrons. The Morgan fingerprint density at radius 1 is 1.14 bits per heavy atom. The summed E-state index contributed by atoms with van der Waals surface area (Å²) in [6.45, 7) is 6.38. The van der Waals surface area contributed by atoms with E-state index in [0.717, 1.165) is 27.4 Å². The van der Waals surface area contributed by atoms with Crippen LogP contribution in [0.25, 0.3) is 10.6 Å². The van der Waals surface area contributed by atoms with E-state index in [2.05, 4.69) is 15.5 Å². The first-order chi connectivity index (χ1) is 13.5. The zero-order valence-corrected chi connectivity index (χ0v) is 17.0. The molecule has 0 spiro atoms. The molecule has 2 heterocycles. The van der Waals surface area contributed by atoms with E-state index >= 15 is 0 Å². The molecule has 2 aromatic heterocycles. The fourth-order valence-corrected chi connectivity index (χ4v) is 3.21. The van der Waals surface area contributed by atoms with E-state index in [1.54, 1.807) is 24.3 Å². The molecule has 1 aromatic carbocycles. The Kier molecular flexibility index (Phi) is 6.60. The number of hydrogen-bond acceptors (Lipinski definition) is 6. The van der Waals surface area contributed by atoms with Gasteiger partial charge in [-0.3, -0.25) is 4.79 Å². The van der Waals surface area contributed by atoms with Crippen molar-refractivity contribution < 1.29 is 14.3 Å². The first kappa shape index (κ1) is 19.8. The average molecular weight is 398 g/mol. The van der Waals surface area contributed by atoms with E-state index in [9.17, 15) is 4.79 Å². The number of benzene rings is 1. The van der Waals surface area contributed by atoms with Crippen molar-refractivity contribution in [2.75, 3.05) is 13.2 Å². The molecule has 3 aromatic rings. The number of carbonyl (C=O) groups is 1. The fraction of sp³-hybridized carbons (Fsp3) is 0.286. The van der Waals surface area contributed by atoms with Gasteiger partial charge >= 0.3 is 0 Å². The number of aromatic nitrogens is 2. The van der Waals surface area contributed by atoms with Crippen molar-refractivity contribution in [1.29, 1.82) is 0 Å². The van der Waals surface area contributed by atoms with Crippen LogP contribution in [0, 0.1) is 13.8 Å². The summed E-state index contributed by atoms with van der Waals surface area (Å²) in [6.07, 6.45) is -0.592. The van der Waals surface area contributed by atoms with Crippen LogP contribution in [-0.2, 0) is 4.79 Å². The Morgan fingerprint density at radius 3 is 2.71 bits per heavy atom. The SMILES string of the molecule is Cc1cccc(OC(C)C(=O)NCCOc2ccc(-c3cccs3)nn2)c1C. The van der Waals surface area contributed by atoms with Gasteiger partial charge in [0, 0.05) is 6.07 Å². The Balaban J connectivity index is 1.42. The van der Waals surface area contributed by atoms with Crippen molar-refractivity contribution in [2.45, 2.75) is 26.9 Å². The third-order valence-corrected chi connectivity index (χ3v) is 5.19. The molecule has 1 unspecified atom stereocenters. The summed E-state index contributed by atoms with van der Waals surface area (Å²) in [7, 11) is 0. The highest BCUT2D eigenvalue weighted by molar-refractivity contribution is 7.13. The maximum atomic E-state index is 12.2. The number of nitrogens with one attached hydrogen (secondary N) is 1. The summed E-state index contributed by atoms with van der Waals surface area (Å²) < 4.78 is 11.3. The van der Waals surface area contributed by atoms with E-state index in [4.69, 9.17) is 9.47 Å². The number of ether oxygens (including phenoxy) is 2. The third kappa shape index (κ3) is 5.07. The Morgan fingerprint density at radius 2 is 2.00 bits per heavy atom. The summed E-state index contributed by atoms with van der Waals surface area (Å²) in [5.41, 5.74) is 2.98. The largest absolute Gasteiger partial charge is 0.481 e. The van der Waals surface area contributed by atoms with Crippen molar-refractivity contribution in [2.24, 2.45) is 0 Å². The van der Waals surface area contributed by atoms with Gasteiger partial charge in [-0.1, -0.05) is 18.2 Å². The van der Waals surface area contributed by atoms with Gasteiger partial charge in [-0.05, 0) is 55.5 Å². The predicted octanol–water partition coefficient (Wildman–Crippen LogP) is 3.78. The van der Waals surface area contributed by atoms with E-state index < -0.39 is 6.10 Å². The third-order valence-electron chi connectivity index (χ3n) is 4.29. The zero-order chi connectivity index (χ0) is 19.9. The second-order valence-corrected chi connectivity index (χ2v) is 7.28. The van der Waals surface area contributed by atoms with Crippen molar-refractivity contribution in [3.05, 3.63) is 59.0 Å². The van der Waals surface area contributed by atoms with Gasteiger partial charge in [0.1, 0.15) is 18.1 Å². The standard InChI is InChI=1S/C21H23N3O3S/c1-14-6-4-7-18(15(14)2)27-16(3)21(25)22-11-12-26-20-10-9-17(23-24-20)19-8-5-13-28-19/h4-10,13,16H,11-12H2,1-3H3,(H,22,25). The van der Waals surface area contributed by atoms with Crippen LogP contribution in [-0.4, -0.2) is 35.4 Å². The van der Waals surface area contributed by atoms with Crippen LogP contribution in [0.15, 0.2) is 47.8 Å². The number of carbonyl (C=O) groups excluding carboxylic acids is 1. The summed E-state index contributed by atoms with van der Waals surface area (Å²) in [5, 5.41) is 13.0. The highest BCUT2D eigenvalue weighted by atomic mass is 32.1. The second-order valence-electron chi connectivity index (χ2n) is 6.33. The van der Waals surface area contributed by atoms with Crippen molar-refractivity contribution in [3.8, 4) is 22.2 Å². The average Bonchev–Trinajstić information content (AvgIpc) is 3.24. The normalized spacial score (nSPS) is 11.7. The summed E-state index contributed by atoms with van der Waals surface area (Å²) >= 11 is 1.61. The molecule has 0 saturated heterocycles. The lowest BCUT2D eigenvalue weighted by Gasteiger charge is -2.17. The maximum Gasteiger partial charge on any atom is 0.260 e. The van der Waals surface area contributed by atoms with E-state index in [-0.39, 0.29) is 5.91 Å². The second kappa shape index (κ2) is 9.32. The van der Waals surface area contributed by atoms with E-state index in [1.165, 1.54) is 0 Å². The minimum atomic E-state index is -0.592. The number of nitrogens with zero attached hydrogens (tertiary/aromatic N) is 2. The topological polar surface area (TPSA) is 73.3 Å². The molecule has 28 heavy (non-hydrogen) atoms. The number of amides is 1. The first-order valence-electron chi connectivity index (χ1n) is 9.05. The lowest BCUT2D eigenvalue weighted by atomic mass is 10.1.